The van der Waals surface area contributed by atoms with Crippen LogP contribution in [0.1, 0.15) is 12.0 Å². The van der Waals surface area contributed by atoms with Gasteiger partial charge in [0.15, 0.2) is 11.5 Å². The van der Waals surface area contributed by atoms with Crippen LogP contribution in [0.25, 0.3) is 0 Å². The third kappa shape index (κ3) is 1.50. The molecule has 0 unspecified atom stereocenters. The molecule has 0 saturated heterocycles. The van der Waals surface area contributed by atoms with Crippen LogP contribution >= 0.6 is 0 Å². The normalized spacial score (nSPS) is 14.1. The van der Waals surface area contributed by atoms with Crippen molar-refractivity contribution < 1.29 is 9.47 Å². The Morgan fingerprint density at radius 1 is 1.14 bits per heavy atom. The number of hydrogen-bond donors (Lipinski definition) is 1. The third-order valence-corrected chi connectivity index (χ3v) is 2.42. The number of methoxy groups -OCH3 is 2. The molecule has 0 atom stereocenters. The van der Waals surface area contributed by atoms with Gasteiger partial charge in [0.2, 0.25) is 0 Å². The number of benzene rings is 1. The van der Waals surface area contributed by atoms with Crippen LogP contribution in [0.4, 0.5) is 5.69 Å². The van der Waals surface area contributed by atoms with E-state index in [1.54, 1.807) is 14.2 Å². The molecule has 0 aliphatic carbocycles. The molecule has 1 aliphatic heterocycles. The van der Waals surface area contributed by atoms with E-state index in [0.29, 0.717) is 0 Å². The minimum atomic E-state index is 0.772. The van der Waals surface area contributed by atoms with Crippen LogP contribution in [0.2, 0.25) is 0 Å². The molecule has 1 heterocycles. The molecule has 3 heteroatoms. The largest absolute Gasteiger partial charge is 0.493 e. The highest BCUT2D eigenvalue weighted by Gasteiger charge is 2.13. The number of ether oxygens (including phenoxy) is 2. The first-order valence-electron chi connectivity index (χ1n) is 4.68. The minimum Gasteiger partial charge on any atom is -0.493 e. The molecule has 0 saturated carbocycles. The fourth-order valence-electron chi connectivity index (χ4n) is 1.67. The van der Waals surface area contributed by atoms with Gasteiger partial charge in [-0.05, 0) is 24.5 Å². The van der Waals surface area contributed by atoms with E-state index in [2.05, 4.69) is 11.9 Å². The Bertz CT molecular complexity index is 292. The Labute approximate surface area is 84.0 Å². The van der Waals surface area contributed by atoms with E-state index >= 15 is 0 Å². The second-order valence-corrected chi connectivity index (χ2v) is 3.25. The van der Waals surface area contributed by atoms with Crippen LogP contribution in [0.3, 0.4) is 0 Å². The fourth-order valence-corrected chi connectivity index (χ4v) is 1.67. The lowest BCUT2D eigenvalue weighted by molar-refractivity contribution is 0.354. The van der Waals surface area contributed by atoms with Gasteiger partial charge >= 0.3 is 0 Å². The van der Waals surface area contributed by atoms with Crippen molar-refractivity contribution in [2.75, 3.05) is 19.5 Å². The number of rotatable bonds is 2. The first-order chi connectivity index (χ1) is 6.85. The van der Waals surface area contributed by atoms with E-state index in [1.165, 1.54) is 5.56 Å². The van der Waals surface area contributed by atoms with Crippen LogP contribution in [-0.4, -0.2) is 14.2 Å². The second kappa shape index (κ2) is 3.78. The van der Waals surface area contributed by atoms with Crippen LogP contribution in [0, 0.1) is 6.54 Å². The smallest absolute Gasteiger partial charge is 0.162 e. The van der Waals surface area contributed by atoms with Crippen LogP contribution < -0.4 is 14.8 Å². The Balaban J connectivity index is 2.43. The quantitative estimate of drug-likeness (QED) is 0.779. The van der Waals surface area contributed by atoms with Gasteiger partial charge in [0.25, 0.3) is 0 Å². The summed E-state index contributed by atoms with van der Waals surface area (Å²) in [4.78, 5) is 0. The van der Waals surface area contributed by atoms with E-state index in [0.717, 1.165) is 30.0 Å². The molecule has 1 aromatic rings. The van der Waals surface area contributed by atoms with Crippen molar-refractivity contribution in [1.29, 1.82) is 0 Å². The van der Waals surface area contributed by atoms with Gasteiger partial charge in [-0.15, -0.1) is 0 Å². The molecule has 0 bridgehead atoms. The lowest BCUT2D eigenvalue weighted by Gasteiger charge is -2.19. The van der Waals surface area contributed by atoms with E-state index in [-0.39, 0.29) is 0 Å². The molecular weight excluding hydrogens is 178 g/mol. The molecule has 0 amide bonds. The molecule has 0 spiro atoms. The lowest BCUT2D eigenvalue weighted by atomic mass is 10.0. The average Bonchev–Trinajstić information content (AvgIpc) is 2.27. The van der Waals surface area contributed by atoms with Crippen molar-refractivity contribution in [2.24, 2.45) is 0 Å². The van der Waals surface area contributed by atoms with Crippen molar-refractivity contribution in [3.8, 4) is 11.5 Å². The van der Waals surface area contributed by atoms with Crippen molar-refractivity contribution in [2.45, 2.75) is 12.8 Å². The Kier molecular flexibility index (Phi) is 2.48. The molecule has 2 rings (SSSR count). The SMILES string of the molecule is COc1cc2c(cc1OC)N[CH]CC2. The van der Waals surface area contributed by atoms with Crippen LogP contribution in [-0.2, 0) is 6.42 Å². The van der Waals surface area contributed by atoms with Crippen molar-refractivity contribution in [3.05, 3.63) is 24.2 Å². The summed E-state index contributed by atoms with van der Waals surface area (Å²) >= 11 is 0. The molecule has 1 radical (unpaired) electrons. The third-order valence-electron chi connectivity index (χ3n) is 2.42. The Morgan fingerprint density at radius 2 is 1.86 bits per heavy atom. The maximum Gasteiger partial charge on any atom is 0.162 e. The van der Waals surface area contributed by atoms with Crippen molar-refractivity contribution in [3.63, 3.8) is 0 Å². The number of aryl methyl sites for hydroxylation is 1. The lowest BCUT2D eigenvalue weighted by Crippen LogP contribution is -2.07. The number of anilines is 1. The molecule has 1 N–H and O–H groups in total. The second-order valence-electron chi connectivity index (χ2n) is 3.25. The molecular formula is C11H14NO2. The predicted molar refractivity (Wildman–Crippen MR) is 55.8 cm³/mol. The van der Waals surface area contributed by atoms with E-state index in [9.17, 15) is 0 Å². The molecule has 0 fully saturated rings. The Morgan fingerprint density at radius 3 is 2.57 bits per heavy atom. The number of hydrogen-bond acceptors (Lipinski definition) is 3. The maximum atomic E-state index is 5.24. The highest BCUT2D eigenvalue weighted by Crippen LogP contribution is 2.35. The molecule has 0 aromatic heterocycles. The molecule has 75 valence electrons. The summed E-state index contributed by atoms with van der Waals surface area (Å²) in [7, 11) is 3.31. The molecule has 1 aromatic carbocycles. The number of nitrogens with one attached hydrogen (secondary N) is 1. The molecule has 3 nitrogen and oxygen atoms in total. The fraction of sp³-hybridized carbons (Fsp3) is 0.364. The highest BCUT2D eigenvalue weighted by molar-refractivity contribution is 5.62. The summed E-state index contributed by atoms with van der Waals surface area (Å²) in [5, 5.41) is 3.23. The minimum absolute atomic E-state index is 0.772. The van der Waals surface area contributed by atoms with E-state index in [4.69, 9.17) is 9.47 Å². The van der Waals surface area contributed by atoms with Gasteiger partial charge in [-0.2, -0.15) is 0 Å². The monoisotopic (exact) mass is 192 g/mol. The first kappa shape index (κ1) is 9.19. The summed E-state index contributed by atoms with van der Waals surface area (Å²) in [5.41, 5.74) is 2.40. The zero-order valence-corrected chi connectivity index (χ0v) is 8.46. The standard InChI is InChI=1S/C11H14NO2/c1-13-10-6-8-4-3-5-12-9(8)7-11(10)14-2/h5-7,12H,3-4H2,1-2H3. The summed E-state index contributed by atoms with van der Waals surface area (Å²) in [6, 6.07) is 4.01. The van der Waals surface area contributed by atoms with Gasteiger partial charge in [-0.1, -0.05) is 0 Å². The van der Waals surface area contributed by atoms with Gasteiger partial charge in [0.05, 0.1) is 14.2 Å². The van der Waals surface area contributed by atoms with Crippen LogP contribution in [0.15, 0.2) is 12.1 Å². The summed E-state index contributed by atoms with van der Waals surface area (Å²) < 4.78 is 10.5. The first-order valence-corrected chi connectivity index (χ1v) is 4.68. The molecule has 14 heavy (non-hydrogen) atoms. The van der Waals surface area contributed by atoms with Crippen molar-refractivity contribution in [1.82, 2.24) is 0 Å². The van der Waals surface area contributed by atoms with Gasteiger partial charge in [0.1, 0.15) is 0 Å². The average molecular weight is 192 g/mol. The molecule has 1 aliphatic rings. The number of fused-ring (bicyclic) bond motifs is 1. The highest BCUT2D eigenvalue weighted by atomic mass is 16.5. The van der Waals surface area contributed by atoms with Crippen LogP contribution in [0.5, 0.6) is 11.5 Å². The van der Waals surface area contributed by atoms with E-state index < -0.39 is 0 Å². The Hall–Kier alpha value is -1.38. The van der Waals surface area contributed by atoms with Crippen molar-refractivity contribution >= 4 is 5.69 Å². The van der Waals surface area contributed by atoms with Gasteiger partial charge in [0, 0.05) is 18.3 Å². The van der Waals surface area contributed by atoms with Gasteiger partial charge < -0.3 is 14.8 Å². The zero-order valence-electron chi connectivity index (χ0n) is 8.46. The predicted octanol–water partition coefficient (Wildman–Crippen LogP) is 2.22. The summed E-state index contributed by atoms with van der Waals surface area (Å²) in [5.74, 6) is 1.57. The van der Waals surface area contributed by atoms with Gasteiger partial charge in [-0.3, -0.25) is 0 Å². The summed E-state index contributed by atoms with van der Waals surface area (Å²) in [6.07, 6.45) is 2.12. The summed E-state index contributed by atoms with van der Waals surface area (Å²) in [6.45, 7) is 2.06. The van der Waals surface area contributed by atoms with E-state index in [1.807, 2.05) is 12.1 Å². The maximum absolute atomic E-state index is 5.24. The zero-order chi connectivity index (χ0) is 9.97. The topological polar surface area (TPSA) is 30.5 Å². The van der Waals surface area contributed by atoms with Gasteiger partial charge in [-0.25, -0.2) is 0 Å².